The molecule has 1 heterocycles. The molecule has 0 saturated carbocycles. The van der Waals surface area contributed by atoms with Gasteiger partial charge in [-0.15, -0.1) is 12.3 Å². The van der Waals surface area contributed by atoms with Gasteiger partial charge in [0.2, 0.25) is 0 Å². The molecule has 0 fully saturated rings. The van der Waals surface area contributed by atoms with Gasteiger partial charge in [0.15, 0.2) is 0 Å². The number of rotatable bonds is 1. The Hall–Kier alpha value is -1.23. The van der Waals surface area contributed by atoms with Crippen LogP contribution < -0.4 is 0 Å². The second kappa shape index (κ2) is 2.57. The average molecular weight is 134 g/mol. The van der Waals surface area contributed by atoms with Crippen LogP contribution in [-0.2, 0) is 13.5 Å². The van der Waals surface area contributed by atoms with Crippen molar-refractivity contribution in [1.82, 2.24) is 9.78 Å². The first-order chi connectivity index (χ1) is 4.74. The number of hydrogen-bond acceptors (Lipinski definition) is 1. The van der Waals surface area contributed by atoms with Crippen molar-refractivity contribution in [1.29, 1.82) is 0 Å². The molecule has 0 spiro atoms. The van der Waals surface area contributed by atoms with Crippen molar-refractivity contribution < 1.29 is 0 Å². The van der Waals surface area contributed by atoms with Crippen molar-refractivity contribution in [2.24, 2.45) is 7.05 Å². The Morgan fingerprint density at radius 2 is 2.50 bits per heavy atom. The molecule has 0 bridgehead atoms. The minimum absolute atomic E-state index is 0.680. The molecule has 0 atom stereocenters. The first-order valence-electron chi connectivity index (χ1n) is 3.16. The number of aromatic nitrogens is 2. The highest BCUT2D eigenvalue weighted by Crippen LogP contribution is 2.03. The van der Waals surface area contributed by atoms with Crippen molar-refractivity contribution in [3.63, 3.8) is 0 Å². The molecule has 0 aromatic carbocycles. The maximum Gasteiger partial charge on any atom is 0.0635 e. The summed E-state index contributed by atoms with van der Waals surface area (Å²) in [6, 6.07) is 0. The predicted octanol–water partition coefficient (Wildman–Crippen LogP) is 0.904. The molecule has 1 aromatic rings. The molecule has 52 valence electrons. The molecule has 0 N–H and O–H groups in total. The molecule has 1 rings (SSSR count). The summed E-state index contributed by atoms with van der Waals surface area (Å²) < 4.78 is 1.78. The monoisotopic (exact) mass is 134 g/mol. The fourth-order valence-corrected chi connectivity index (χ4v) is 0.932. The normalized spacial score (nSPS) is 9.30. The summed E-state index contributed by atoms with van der Waals surface area (Å²) in [6.45, 7) is 1.96. The van der Waals surface area contributed by atoms with Gasteiger partial charge in [-0.05, 0) is 6.92 Å². The molecule has 0 saturated heterocycles. The topological polar surface area (TPSA) is 17.8 Å². The van der Waals surface area contributed by atoms with E-state index in [4.69, 9.17) is 6.42 Å². The third-order valence-corrected chi connectivity index (χ3v) is 1.41. The van der Waals surface area contributed by atoms with Gasteiger partial charge in [-0.3, -0.25) is 4.68 Å². The van der Waals surface area contributed by atoms with Crippen LogP contribution in [0.4, 0.5) is 0 Å². The molecule has 0 radical (unpaired) electrons. The van der Waals surface area contributed by atoms with Gasteiger partial charge in [0.25, 0.3) is 0 Å². The second-order valence-corrected chi connectivity index (χ2v) is 2.29. The molecule has 1 aromatic heterocycles. The summed E-state index contributed by atoms with van der Waals surface area (Å²) in [6.07, 6.45) is 7.79. The van der Waals surface area contributed by atoms with Crippen LogP contribution in [0.1, 0.15) is 11.3 Å². The number of terminal acetylenes is 1. The lowest BCUT2D eigenvalue weighted by Gasteiger charge is -1.85. The highest BCUT2D eigenvalue weighted by Gasteiger charge is 1.98. The zero-order chi connectivity index (χ0) is 7.56. The largest absolute Gasteiger partial charge is 0.275 e. The Kier molecular flexibility index (Phi) is 1.77. The van der Waals surface area contributed by atoms with E-state index >= 15 is 0 Å². The van der Waals surface area contributed by atoms with Gasteiger partial charge < -0.3 is 0 Å². The van der Waals surface area contributed by atoms with Crippen molar-refractivity contribution in [2.45, 2.75) is 13.3 Å². The van der Waals surface area contributed by atoms with Gasteiger partial charge in [0, 0.05) is 25.2 Å². The van der Waals surface area contributed by atoms with E-state index in [0.717, 1.165) is 11.3 Å². The lowest BCUT2D eigenvalue weighted by molar-refractivity contribution is 0.756. The molecule has 2 heteroatoms. The lowest BCUT2D eigenvalue weighted by atomic mass is 10.2. The van der Waals surface area contributed by atoms with Crippen molar-refractivity contribution in [2.75, 3.05) is 0 Å². The van der Waals surface area contributed by atoms with E-state index in [2.05, 4.69) is 11.0 Å². The summed E-state index contributed by atoms with van der Waals surface area (Å²) in [5.41, 5.74) is 2.17. The van der Waals surface area contributed by atoms with Gasteiger partial charge in [-0.1, -0.05) is 0 Å². The van der Waals surface area contributed by atoms with Gasteiger partial charge in [-0.2, -0.15) is 5.10 Å². The van der Waals surface area contributed by atoms with Crippen LogP contribution in [0.3, 0.4) is 0 Å². The summed E-state index contributed by atoms with van der Waals surface area (Å²) in [5, 5.41) is 4.15. The SMILES string of the molecule is C#CCc1cn(C)nc1C. The van der Waals surface area contributed by atoms with Crippen LogP contribution in [0.5, 0.6) is 0 Å². The van der Waals surface area contributed by atoms with E-state index in [9.17, 15) is 0 Å². The van der Waals surface area contributed by atoms with E-state index in [-0.39, 0.29) is 0 Å². The molecule has 0 aliphatic heterocycles. The van der Waals surface area contributed by atoms with Gasteiger partial charge in [-0.25, -0.2) is 0 Å². The van der Waals surface area contributed by atoms with Crippen LogP contribution in [0.2, 0.25) is 0 Å². The Balaban J connectivity index is 2.94. The minimum atomic E-state index is 0.680. The highest BCUT2D eigenvalue weighted by atomic mass is 15.2. The van der Waals surface area contributed by atoms with Crippen LogP contribution in [0.25, 0.3) is 0 Å². The van der Waals surface area contributed by atoms with E-state index in [1.165, 1.54) is 0 Å². The summed E-state index contributed by atoms with van der Waals surface area (Å²) in [7, 11) is 1.90. The van der Waals surface area contributed by atoms with Gasteiger partial charge in [0.1, 0.15) is 0 Å². The van der Waals surface area contributed by atoms with Crippen LogP contribution in [-0.4, -0.2) is 9.78 Å². The van der Waals surface area contributed by atoms with Crippen LogP contribution in [0.15, 0.2) is 6.20 Å². The van der Waals surface area contributed by atoms with E-state index in [0.29, 0.717) is 6.42 Å². The van der Waals surface area contributed by atoms with E-state index in [1.807, 2.05) is 20.2 Å². The summed E-state index contributed by atoms with van der Waals surface area (Å²) in [4.78, 5) is 0. The third-order valence-electron chi connectivity index (χ3n) is 1.41. The molecular weight excluding hydrogens is 124 g/mol. The fourth-order valence-electron chi connectivity index (χ4n) is 0.932. The standard InChI is InChI=1S/C8H10N2/c1-4-5-8-6-10(3)9-7(8)2/h1,6H,5H2,2-3H3. The molecule has 0 amide bonds. The molecule has 0 aliphatic rings. The minimum Gasteiger partial charge on any atom is -0.275 e. The Morgan fingerprint density at radius 1 is 1.80 bits per heavy atom. The average Bonchev–Trinajstić information content (AvgIpc) is 2.13. The number of aryl methyl sites for hydroxylation is 2. The maximum absolute atomic E-state index is 5.15. The van der Waals surface area contributed by atoms with Gasteiger partial charge >= 0.3 is 0 Å². The highest BCUT2D eigenvalue weighted by molar-refractivity contribution is 5.20. The first-order valence-corrected chi connectivity index (χ1v) is 3.16. The molecule has 0 aliphatic carbocycles. The number of hydrogen-bond donors (Lipinski definition) is 0. The summed E-state index contributed by atoms with van der Waals surface area (Å²) >= 11 is 0. The van der Waals surface area contributed by atoms with Gasteiger partial charge in [0.05, 0.1) is 5.69 Å². The second-order valence-electron chi connectivity index (χ2n) is 2.29. The third kappa shape index (κ3) is 1.19. The Morgan fingerprint density at radius 3 is 2.90 bits per heavy atom. The lowest BCUT2D eigenvalue weighted by Crippen LogP contribution is -1.86. The zero-order valence-electron chi connectivity index (χ0n) is 6.26. The molecule has 0 unspecified atom stereocenters. The molecular formula is C8H10N2. The fraction of sp³-hybridized carbons (Fsp3) is 0.375. The van der Waals surface area contributed by atoms with Crippen LogP contribution >= 0.6 is 0 Å². The van der Waals surface area contributed by atoms with E-state index < -0.39 is 0 Å². The maximum atomic E-state index is 5.15. The Bertz CT molecular complexity index is 265. The van der Waals surface area contributed by atoms with Crippen molar-refractivity contribution >= 4 is 0 Å². The number of nitrogens with zero attached hydrogens (tertiary/aromatic N) is 2. The zero-order valence-corrected chi connectivity index (χ0v) is 6.26. The van der Waals surface area contributed by atoms with Crippen molar-refractivity contribution in [3.05, 3.63) is 17.5 Å². The molecule has 2 nitrogen and oxygen atoms in total. The predicted molar refractivity (Wildman–Crippen MR) is 40.5 cm³/mol. The Labute approximate surface area is 60.9 Å². The van der Waals surface area contributed by atoms with Crippen molar-refractivity contribution in [3.8, 4) is 12.3 Å². The first kappa shape index (κ1) is 6.88. The smallest absolute Gasteiger partial charge is 0.0635 e. The van der Waals surface area contributed by atoms with Crippen LogP contribution in [0, 0.1) is 19.3 Å². The quantitative estimate of drug-likeness (QED) is 0.522. The molecule has 10 heavy (non-hydrogen) atoms. The van der Waals surface area contributed by atoms with E-state index in [1.54, 1.807) is 4.68 Å². The summed E-state index contributed by atoms with van der Waals surface area (Å²) in [5.74, 6) is 2.58.